The van der Waals surface area contributed by atoms with Crippen molar-refractivity contribution in [3.05, 3.63) is 157 Å². The van der Waals surface area contributed by atoms with Gasteiger partial charge in [0.25, 0.3) is 0 Å². The van der Waals surface area contributed by atoms with Crippen molar-refractivity contribution in [2.75, 3.05) is 14.6 Å². The van der Waals surface area contributed by atoms with Crippen LogP contribution in [0.4, 0.5) is 22.7 Å². The number of anilines is 4. The summed E-state index contributed by atoms with van der Waals surface area (Å²) in [5.74, 6) is 0. The summed E-state index contributed by atoms with van der Waals surface area (Å²) >= 11 is 0. The van der Waals surface area contributed by atoms with Gasteiger partial charge in [-0.15, -0.1) is 53.8 Å². The van der Waals surface area contributed by atoms with E-state index in [-0.39, 0.29) is 27.3 Å². The molecule has 0 atom stereocenters. The minimum Gasteiger partial charge on any atom is -0.497 e. The molecule has 0 saturated carbocycles. The van der Waals surface area contributed by atoms with Crippen LogP contribution >= 0.6 is 0 Å². The average molecular weight is 696 g/mol. The van der Waals surface area contributed by atoms with Gasteiger partial charge in [0.05, 0.1) is 0 Å². The molecular weight excluding hydrogens is 666 g/mol. The summed E-state index contributed by atoms with van der Waals surface area (Å²) in [7, 11) is 0. The van der Waals surface area contributed by atoms with E-state index in [2.05, 4.69) is 163 Å². The Morgan fingerprint density at radius 1 is 0.617 bits per heavy atom. The minimum absolute atomic E-state index is 0. The summed E-state index contributed by atoms with van der Waals surface area (Å²) in [6, 6.07) is 49.0. The van der Waals surface area contributed by atoms with Gasteiger partial charge < -0.3 is 19.6 Å². The molecule has 5 aromatic carbocycles. The van der Waals surface area contributed by atoms with E-state index in [1.54, 1.807) is 0 Å². The smallest absolute Gasteiger partial charge is 0.324 e. The van der Waals surface area contributed by atoms with E-state index in [1.165, 1.54) is 50.1 Å². The standard InChI is InChI=1S/C41H30BN4.Pd/c1-27-21-22-43-39(23-27)30-17-19-35-33-13-7-9-15-37(33)42-38-16-10-8-14-34(38)36-20-18-32(25-41(36)46(42)40(35)24-30)45-26-44(28(2)29(45)3)31-11-5-4-6-12-31;/h4-23,26H,1-3H3;/q-3;. The molecule has 4 nitrogen and oxygen atoms in total. The van der Waals surface area contributed by atoms with E-state index in [0.29, 0.717) is 0 Å². The molecule has 9 rings (SSSR count). The number of nitrogens with zero attached hydrogens (tertiary/aromatic N) is 4. The number of para-hydroxylation sites is 1. The Bertz CT molecular complexity index is 2210. The third-order valence-corrected chi connectivity index (χ3v) is 9.63. The first-order valence-corrected chi connectivity index (χ1v) is 15.8. The molecule has 47 heavy (non-hydrogen) atoms. The van der Waals surface area contributed by atoms with Crippen molar-refractivity contribution < 1.29 is 20.4 Å². The first kappa shape index (κ1) is 29.5. The van der Waals surface area contributed by atoms with Crippen molar-refractivity contribution in [3.63, 3.8) is 0 Å². The van der Waals surface area contributed by atoms with Crippen LogP contribution in [0.25, 0.3) is 33.5 Å². The maximum absolute atomic E-state index is 4.72. The van der Waals surface area contributed by atoms with E-state index in [4.69, 9.17) is 4.98 Å². The topological polar surface area (TPSA) is 22.6 Å². The fourth-order valence-corrected chi connectivity index (χ4v) is 7.25. The van der Waals surface area contributed by atoms with Gasteiger partial charge in [0.2, 0.25) is 0 Å². The van der Waals surface area contributed by atoms with Crippen molar-refractivity contribution in [1.82, 2.24) is 4.98 Å². The predicted octanol–water partition coefficient (Wildman–Crippen LogP) is 8.26. The van der Waals surface area contributed by atoms with Gasteiger partial charge in [-0.3, -0.25) is 0 Å². The van der Waals surface area contributed by atoms with Crippen LogP contribution in [0.5, 0.6) is 0 Å². The first-order chi connectivity index (χ1) is 22.6. The number of aryl methyl sites for hydroxylation is 1. The molecule has 6 heteroatoms. The van der Waals surface area contributed by atoms with E-state index in [1.807, 2.05) is 12.3 Å². The van der Waals surface area contributed by atoms with Gasteiger partial charge in [0, 0.05) is 43.7 Å². The molecule has 4 heterocycles. The van der Waals surface area contributed by atoms with Gasteiger partial charge in [-0.1, -0.05) is 117 Å². The quantitative estimate of drug-likeness (QED) is 0.137. The molecule has 0 radical (unpaired) electrons. The Kier molecular flexibility index (Phi) is 7.17. The van der Waals surface area contributed by atoms with Gasteiger partial charge in [-0.05, 0) is 44.7 Å². The Balaban J connectivity index is 0.00000324. The average Bonchev–Trinajstić information content (AvgIpc) is 3.41. The summed E-state index contributed by atoms with van der Waals surface area (Å²) in [5.41, 5.74) is 17.1. The van der Waals surface area contributed by atoms with Crippen molar-refractivity contribution in [2.24, 2.45) is 0 Å². The molecule has 0 fully saturated rings. The second-order valence-electron chi connectivity index (χ2n) is 12.3. The van der Waals surface area contributed by atoms with E-state index >= 15 is 0 Å². The van der Waals surface area contributed by atoms with Gasteiger partial charge in [0.1, 0.15) is 0 Å². The minimum atomic E-state index is -0.0161. The van der Waals surface area contributed by atoms with Crippen LogP contribution in [-0.4, -0.2) is 11.8 Å². The summed E-state index contributed by atoms with van der Waals surface area (Å²) in [5, 5.41) is 0. The van der Waals surface area contributed by atoms with Crippen LogP contribution in [0.1, 0.15) is 19.4 Å². The van der Waals surface area contributed by atoms with Crippen LogP contribution in [0.2, 0.25) is 0 Å². The number of rotatable bonds is 3. The van der Waals surface area contributed by atoms with Gasteiger partial charge in [0.15, 0.2) is 0 Å². The second-order valence-corrected chi connectivity index (χ2v) is 12.3. The number of fused-ring (bicyclic) bond motifs is 11. The van der Waals surface area contributed by atoms with E-state index < -0.39 is 0 Å². The number of allylic oxidation sites excluding steroid dienone is 2. The molecule has 6 aromatic rings. The normalized spacial score (nSPS) is 14.2. The third-order valence-electron chi connectivity index (χ3n) is 9.63. The Morgan fingerprint density at radius 2 is 1.23 bits per heavy atom. The largest absolute Gasteiger partial charge is 0.497 e. The molecule has 0 aliphatic carbocycles. The van der Waals surface area contributed by atoms with Crippen molar-refractivity contribution in [2.45, 2.75) is 20.8 Å². The molecule has 3 aliphatic rings. The zero-order chi connectivity index (χ0) is 30.9. The van der Waals surface area contributed by atoms with Crippen LogP contribution in [-0.2, 0) is 20.4 Å². The van der Waals surface area contributed by atoms with Gasteiger partial charge in [-0.25, -0.2) is 0 Å². The Hall–Kier alpha value is -4.88. The summed E-state index contributed by atoms with van der Waals surface area (Å²) < 4.78 is 0. The number of aromatic nitrogens is 1. The fraction of sp³-hybridized carbons (Fsp3) is 0.0732. The van der Waals surface area contributed by atoms with Crippen molar-refractivity contribution in [3.8, 4) is 33.5 Å². The van der Waals surface area contributed by atoms with Crippen molar-refractivity contribution >= 4 is 40.5 Å². The summed E-state index contributed by atoms with van der Waals surface area (Å²) in [4.78, 5) is 11.7. The molecule has 0 spiro atoms. The second kappa shape index (κ2) is 11.4. The molecule has 0 unspecified atom stereocenters. The molecule has 0 saturated heterocycles. The molecular formula is C41H30BN4Pd-3. The van der Waals surface area contributed by atoms with E-state index in [9.17, 15) is 0 Å². The zero-order valence-corrected chi connectivity index (χ0v) is 27.9. The van der Waals surface area contributed by atoms with Crippen LogP contribution in [0.3, 0.4) is 0 Å². The van der Waals surface area contributed by atoms with Crippen LogP contribution < -0.4 is 25.5 Å². The predicted molar refractivity (Wildman–Crippen MR) is 191 cm³/mol. The van der Waals surface area contributed by atoms with Crippen molar-refractivity contribution in [1.29, 1.82) is 0 Å². The first-order valence-electron chi connectivity index (χ1n) is 15.8. The Morgan fingerprint density at radius 3 is 1.94 bits per heavy atom. The molecule has 0 amide bonds. The zero-order valence-electron chi connectivity index (χ0n) is 26.3. The number of benzene rings is 5. The molecule has 0 N–H and O–H groups in total. The van der Waals surface area contributed by atoms with Crippen LogP contribution in [0, 0.1) is 25.7 Å². The fourth-order valence-electron chi connectivity index (χ4n) is 7.25. The molecule has 1 aromatic heterocycles. The maximum Gasteiger partial charge on any atom is 0.324 e. The SMILES string of the molecule is CC1=C(C)N(c2ccccc2)[CH-]N1c1[c-]c2c(cc1)-c1ccccc1B1c3ccccc3-c3ccc(-c4cc(C)ccn4)[c-]c3N12.[Pd]. The molecule has 3 aliphatic heterocycles. The van der Waals surface area contributed by atoms with Gasteiger partial charge in [-0.2, -0.15) is 6.07 Å². The summed E-state index contributed by atoms with van der Waals surface area (Å²) in [6.07, 6.45) is 1.88. The summed E-state index contributed by atoms with van der Waals surface area (Å²) in [6.45, 7) is 8.63. The van der Waals surface area contributed by atoms with E-state index in [0.717, 1.165) is 34.0 Å². The number of pyridine rings is 1. The maximum atomic E-state index is 4.72. The molecule has 0 bridgehead atoms. The monoisotopic (exact) mass is 695 g/mol. The third kappa shape index (κ3) is 4.59. The van der Waals surface area contributed by atoms with Crippen LogP contribution in [0.15, 0.2) is 133 Å². The number of hydrogen-bond donors (Lipinski definition) is 0. The Labute approximate surface area is 290 Å². The van der Waals surface area contributed by atoms with Gasteiger partial charge >= 0.3 is 6.85 Å². The molecule has 230 valence electrons. The number of hydrogen-bond acceptors (Lipinski definition) is 4.